The summed E-state index contributed by atoms with van der Waals surface area (Å²) >= 11 is 0. The summed E-state index contributed by atoms with van der Waals surface area (Å²) < 4.78 is 5.34. The second kappa shape index (κ2) is 8.03. The molecule has 21 heavy (non-hydrogen) atoms. The number of para-hydroxylation sites is 1. The number of nitrogens with zero attached hydrogens (tertiary/aromatic N) is 1. The molecule has 1 aromatic rings. The average molecular weight is 290 g/mol. The molecule has 4 nitrogen and oxygen atoms in total. The van der Waals surface area contributed by atoms with Gasteiger partial charge in [-0.3, -0.25) is 4.79 Å². The van der Waals surface area contributed by atoms with Gasteiger partial charge in [-0.05, 0) is 18.9 Å². The molecule has 0 atom stereocenters. The number of nitrogens with two attached hydrogens (primary N) is 1. The Morgan fingerprint density at radius 1 is 1.29 bits per heavy atom. The zero-order chi connectivity index (χ0) is 15.1. The lowest BCUT2D eigenvalue weighted by Gasteiger charge is -2.34. The molecule has 2 N–H and O–H groups in total. The molecule has 0 aliphatic heterocycles. The van der Waals surface area contributed by atoms with Gasteiger partial charge in [-0.2, -0.15) is 0 Å². The molecule has 4 heteroatoms. The largest absolute Gasteiger partial charge is 0.496 e. The summed E-state index contributed by atoms with van der Waals surface area (Å²) in [4.78, 5) is 14.7. The lowest BCUT2D eigenvalue weighted by molar-refractivity contribution is -0.133. The summed E-state index contributed by atoms with van der Waals surface area (Å²) in [5.41, 5.74) is 6.65. The van der Waals surface area contributed by atoms with Crippen molar-refractivity contribution in [3.63, 3.8) is 0 Å². The Bertz CT molecular complexity index is 456. The highest BCUT2D eigenvalue weighted by atomic mass is 16.5. The van der Waals surface area contributed by atoms with Gasteiger partial charge in [0.25, 0.3) is 0 Å². The van der Waals surface area contributed by atoms with E-state index in [0.29, 0.717) is 25.6 Å². The third-order valence-corrected chi connectivity index (χ3v) is 4.24. The number of methoxy groups -OCH3 is 1. The van der Waals surface area contributed by atoms with Gasteiger partial charge in [0.1, 0.15) is 5.75 Å². The van der Waals surface area contributed by atoms with Crippen LogP contribution in [0, 0.1) is 0 Å². The summed E-state index contributed by atoms with van der Waals surface area (Å²) in [6.45, 7) is 1.17. The van der Waals surface area contributed by atoms with E-state index >= 15 is 0 Å². The molecule has 0 radical (unpaired) electrons. The van der Waals surface area contributed by atoms with Gasteiger partial charge in [0, 0.05) is 24.7 Å². The molecule has 1 saturated carbocycles. The van der Waals surface area contributed by atoms with Crippen molar-refractivity contribution in [3.8, 4) is 5.75 Å². The molecule has 1 aliphatic rings. The highest BCUT2D eigenvalue weighted by Gasteiger charge is 2.25. The molecule has 116 valence electrons. The number of rotatable bonds is 6. The SMILES string of the molecule is COc1ccccc1CC(=O)N(CCN)C1CCCCC1. The second-order valence-electron chi connectivity index (χ2n) is 5.66. The maximum Gasteiger partial charge on any atom is 0.227 e. The fraction of sp³-hybridized carbons (Fsp3) is 0.588. The monoisotopic (exact) mass is 290 g/mol. The normalized spacial score (nSPS) is 15.7. The molecule has 2 rings (SSSR count). The number of hydrogen-bond acceptors (Lipinski definition) is 3. The maximum atomic E-state index is 12.7. The Labute approximate surface area is 127 Å². The first-order valence-corrected chi connectivity index (χ1v) is 7.87. The Kier molecular flexibility index (Phi) is 6.05. The van der Waals surface area contributed by atoms with Crippen molar-refractivity contribution in [2.75, 3.05) is 20.2 Å². The van der Waals surface area contributed by atoms with Crippen LogP contribution in [0.3, 0.4) is 0 Å². The van der Waals surface area contributed by atoms with Crippen molar-refractivity contribution in [1.29, 1.82) is 0 Å². The Balaban J connectivity index is 2.07. The van der Waals surface area contributed by atoms with Crippen LogP contribution < -0.4 is 10.5 Å². The predicted octanol–water partition coefficient (Wildman–Crippen LogP) is 2.36. The van der Waals surface area contributed by atoms with Crippen LogP contribution in [0.25, 0.3) is 0 Å². The van der Waals surface area contributed by atoms with Crippen LogP contribution in [0.15, 0.2) is 24.3 Å². The molecule has 0 unspecified atom stereocenters. The van der Waals surface area contributed by atoms with E-state index in [2.05, 4.69) is 0 Å². The van der Waals surface area contributed by atoms with E-state index in [9.17, 15) is 4.79 Å². The number of carbonyl (C=O) groups excluding carboxylic acids is 1. The minimum atomic E-state index is 0.164. The number of hydrogen-bond donors (Lipinski definition) is 1. The fourth-order valence-electron chi connectivity index (χ4n) is 3.16. The first-order chi connectivity index (χ1) is 10.3. The zero-order valence-electron chi connectivity index (χ0n) is 12.9. The third-order valence-electron chi connectivity index (χ3n) is 4.24. The molecule has 1 aromatic carbocycles. The molecule has 0 bridgehead atoms. The molecule has 1 fully saturated rings. The third kappa shape index (κ3) is 4.21. The Morgan fingerprint density at radius 3 is 2.67 bits per heavy atom. The van der Waals surface area contributed by atoms with Crippen molar-refractivity contribution in [2.24, 2.45) is 5.73 Å². The topological polar surface area (TPSA) is 55.6 Å². The van der Waals surface area contributed by atoms with Crippen LogP contribution in [0.4, 0.5) is 0 Å². The lowest BCUT2D eigenvalue weighted by atomic mass is 9.93. The quantitative estimate of drug-likeness (QED) is 0.875. The van der Waals surface area contributed by atoms with Crippen LogP contribution >= 0.6 is 0 Å². The minimum absolute atomic E-state index is 0.164. The van der Waals surface area contributed by atoms with E-state index in [1.807, 2.05) is 29.2 Å². The lowest BCUT2D eigenvalue weighted by Crippen LogP contribution is -2.44. The number of benzene rings is 1. The Hall–Kier alpha value is -1.55. The molecule has 0 spiro atoms. The molecule has 1 amide bonds. The highest BCUT2D eigenvalue weighted by Crippen LogP contribution is 2.24. The van der Waals surface area contributed by atoms with Gasteiger partial charge in [-0.15, -0.1) is 0 Å². The molecular formula is C17H26N2O2. The number of ether oxygens (including phenoxy) is 1. The molecule has 1 aliphatic carbocycles. The summed E-state index contributed by atoms with van der Waals surface area (Å²) in [5.74, 6) is 0.944. The summed E-state index contributed by atoms with van der Waals surface area (Å²) in [6, 6.07) is 8.09. The number of carbonyl (C=O) groups is 1. The van der Waals surface area contributed by atoms with Crippen LogP contribution in [-0.4, -0.2) is 37.0 Å². The zero-order valence-corrected chi connectivity index (χ0v) is 12.9. The first-order valence-electron chi connectivity index (χ1n) is 7.87. The second-order valence-corrected chi connectivity index (χ2v) is 5.66. The number of amides is 1. The predicted molar refractivity (Wildman–Crippen MR) is 84.3 cm³/mol. The molecule has 0 aromatic heterocycles. The van der Waals surface area contributed by atoms with Crippen LogP contribution in [-0.2, 0) is 11.2 Å². The van der Waals surface area contributed by atoms with Crippen LogP contribution in [0.1, 0.15) is 37.7 Å². The van der Waals surface area contributed by atoms with E-state index in [0.717, 1.165) is 24.2 Å². The van der Waals surface area contributed by atoms with Crippen molar-refractivity contribution in [2.45, 2.75) is 44.6 Å². The van der Waals surface area contributed by atoms with Crippen molar-refractivity contribution in [3.05, 3.63) is 29.8 Å². The van der Waals surface area contributed by atoms with E-state index < -0.39 is 0 Å². The van der Waals surface area contributed by atoms with Crippen molar-refractivity contribution in [1.82, 2.24) is 4.90 Å². The van der Waals surface area contributed by atoms with Crippen molar-refractivity contribution < 1.29 is 9.53 Å². The van der Waals surface area contributed by atoms with E-state index in [-0.39, 0.29) is 5.91 Å². The van der Waals surface area contributed by atoms with Crippen LogP contribution in [0.5, 0.6) is 5.75 Å². The van der Waals surface area contributed by atoms with Gasteiger partial charge in [0.05, 0.1) is 13.5 Å². The van der Waals surface area contributed by atoms with Gasteiger partial charge < -0.3 is 15.4 Å². The van der Waals surface area contributed by atoms with Gasteiger partial charge >= 0.3 is 0 Å². The highest BCUT2D eigenvalue weighted by molar-refractivity contribution is 5.79. The molecule has 0 heterocycles. The van der Waals surface area contributed by atoms with Gasteiger partial charge in [-0.25, -0.2) is 0 Å². The van der Waals surface area contributed by atoms with Crippen molar-refractivity contribution >= 4 is 5.91 Å². The smallest absolute Gasteiger partial charge is 0.227 e. The average Bonchev–Trinajstić information content (AvgIpc) is 2.53. The van der Waals surface area contributed by atoms with E-state index in [1.54, 1.807) is 7.11 Å². The summed E-state index contributed by atoms with van der Waals surface area (Å²) in [5, 5.41) is 0. The first kappa shape index (κ1) is 15.8. The Morgan fingerprint density at radius 2 is 2.00 bits per heavy atom. The van der Waals surface area contributed by atoms with Gasteiger partial charge in [-0.1, -0.05) is 37.5 Å². The van der Waals surface area contributed by atoms with E-state index in [4.69, 9.17) is 10.5 Å². The molecule has 0 saturated heterocycles. The van der Waals surface area contributed by atoms with E-state index in [1.165, 1.54) is 19.3 Å². The minimum Gasteiger partial charge on any atom is -0.496 e. The van der Waals surface area contributed by atoms with Crippen LogP contribution in [0.2, 0.25) is 0 Å². The standard InChI is InChI=1S/C17H26N2O2/c1-21-16-10-6-5-7-14(16)13-17(20)19(12-11-18)15-8-3-2-4-9-15/h5-7,10,15H,2-4,8-9,11-13,18H2,1H3. The maximum absolute atomic E-state index is 12.7. The van der Waals surface area contributed by atoms with Gasteiger partial charge in [0.15, 0.2) is 0 Å². The fourth-order valence-corrected chi connectivity index (χ4v) is 3.16. The van der Waals surface area contributed by atoms with Gasteiger partial charge in [0.2, 0.25) is 5.91 Å². The summed E-state index contributed by atoms with van der Waals surface area (Å²) in [6.07, 6.45) is 6.32. The molecular weight excluding hydrogens is 264 g/mol. The summed E-state index contributed by atoms with van der Waals surface area (Å²) in [7, 11) is 1.64.